The minimum atomic E-state index is -1.18. The highest BCUT2D eigenvalue weighted by atomic mass is 16.3. The number of aromatic nitrogens is 4. The number of amides is 1. The SMILES string of the molecule is CNC(=O)[C@H]1C2CC2[C@@H](n2cnc3c(N[C@@H]4CC4c4ccccc4)nc(C#Cc4ccccc4)nc32)[C@H](O)[C@@H]1O. The average molecular weight is 535 g/mol. The van der Waals surface area contributed by atoms with Crippen LogP contribution in [0.3, 0.4) is 0 Å². The van der Waals surface area contributed by atoms with Gasteiger partial charge >= 0.3 is 0 Å². The van der Waals surface area contributed by atoms with Crippen LogP contribution in [0.15, 0.2) is 67.0 Å². The first kappa shape index (κ1) is 24.8. The lowest BCUT2D eigenvalue weighted by Crippen LogP contribution is -2.50. The van der Waals surface area contributed by atoms with Crippen molar-refractivity contribution in [3.8, 4) is 11.8 Å². The van der Waals surface area contributed by atoms with Gasteiger partial charge in [-0.1, -0.05) is 54.5 Å². The predicted molar refractivity (Wildman–Crippen MR) is 149 cm³/mol. The maximum Gasteiger partial charge on any atom is 0.225 e. The van der Waals surface area contributed by atoms with Gasteiger partial charge < -0.3 is 25.4 Å². The number of rotatable bonds is 5. The van der Waals surface area contributed by atoms with Crippen molar-refractivity contribution in [3.05, 3.63) is 83.9 Å². The number of anilines is 1. The van der Waals surface area contributed by atoms with E-state index in [1.807, 2.05) is 41.0 Å². The molecule has 4 N–H and O–H groups in total. The molecule has 202 valence electrons. The summed E-state index contributed by atoms with van der Waals surface area (Å²) in [4.78, 5) is 26.6. The van der Waals surface area contributed by atoms with E-state index in [4.69, 9.17) is 9.97 Å². The minimum absolute atomic E-state index is 0.00401. The molecular weight excluding hydrogens is 504 g/mol. The van der Waals surface area contributed by atoms with Gasteiger partial charge in [-0.05, 0) is 48.3 Å². The Morgan fingerprint density at radius 2 is 1.70 bits per heavy atom. The molecule has 3 aliphatic rings. The highest BCUT2D eigenvalue weighted by Crippen LogP contribution is 2.58. The molecule has 3 saturated carbocycles. The lowest BCUT2D eigenvalue weighted by Gasteiger charge is -2.36. The van der Waals surface area contributed by atoms with Gasteiger partial charge in [0, 0.05) is 24.6 Å². The molecule has 4 aromatic rings. The van der Waals surface area contributed by atoms with E-state index in [9.17, 15) is 15.0 Å². The van der Waals surface area contributed by atoms with Gasteiger partial charge in [-0.2, -0.15) is 0 Å². The Balaban J connectivity index is 1.26. The topological polar surface area (TPSA) is 125 Å². The van der Waals surface area contributed by atoms with Crippen molar-refractivity contribution in [2.45, 2.75) is 43.1 Å². The van der Waals surface area contributed by atoms with Crippen molar-refractivity contribution < 1.29 is 15.0 Å². The molecular formula is C31H30N6O3. The molecule has 7 rings (SSSR count). The van der Waals surface area contributed by atoms with E-state index in [2.05, 4.69) is 51.7 Å². The predicted octanol–water partition coefficient (Wildman–Crippen LogP) is 2.47. The van der Waals surface area contributed by atoms with Crippen molar-refractivity contribution in [3.63, 3.8) is 0 Å². The molecule has 2 heterocycles. The van der Waals surface area contributed by atoms with E-state index in [1.54, 1.807) is 13.4 Å². The van der Waals surface area contributed by atoms with Crippen molar-refractivity contribution in [1.82, 2.24) is 24.8 Å². The zero-order valence-electron chi connectivity index (χ0n) is 22.0. The van der Waals surface area contributed by atoms with Crippen LogP contribution < -0.4 is 10.6 Å². The van der Waals surface area contributed by atoms with Gasteiger partial charge in [-0.15, -0.1) is 0 Å². The quantitative estimate of drug-likeness (QED) is 0.290. The van der Waals surface area contributed by atoms with Gasteiger partial charge in [-0.3, -0.25) is 4.79 Å². The van der Waals surface area contributed by atoms with E-state index in [1.165, 1.54) is 5.56 Å². The number of carbonyl (C=O) groups is 1. The molecule has 0 aliphatic heterocycles. The Hall–Kier alpha value is -4.26. The Labute approximate surface area is 231 Å². The second-order valence-corrected chi connectivity index (χ2v) is 11.0. The first-order valence-corrected chi connectivity index (χ1v) is 13.7. The van der Waals surface area contributed by atoms with Gasteiger partial charge in [0.1, 0.15) is 6.10 Å². The molecule has 0 bridgehead atoms. The third kappa shape index (κ3) is 4.30. The number of nitrogens with one attached hydrogen (secondary N) is 2. The fourth-order valence-electron chi connectivity index (χ4n) is 6.39. The van der Waals surface area contributed by atoms with Crippen LogP contribution in [0.25, 0.3) is 11.2 Å². The van der Waals surface area contributed by atoms with E-state index < -0.39 is 24.2 Å². The number of hydrogen-bond donors (Lipinski definition) is 4. The van der Waals surface area contributed by atoms with Crippen LogP contribution in [0.5, 0.6) is 0 Å². The zero-order valence-corrected chi connectivity index (χ0v) is 22.0. The van der Waals surface area contributed by atoms with E-state index >= 15 is 0 Å². The highest BCUT2D eigenvalue weighted by molar-refractivity contribution is 5.84. The Bertz CT molecular complexity index is 1630. The van der Waals surface area contributed by atoms with Crippen molar-refractivity contribution >= 4 is 22.9 Å². The van der Waals surface area contributed by atoms with Crippen LogP contribution >= 0.6 is 0 Å². The number of benzene rings is 2. The third-order valence-electron chi connectivity index (χ3n) is 8.58. The Kier molecular flexibility index (Phi) is 6.02. The average Bonchev–Trinajstić information content (AvgIpc) is 3.90. The lowest BCUT2D eigenvalue weighted by molar-refractivity contribution is -0.139. The van der Waals surface area contributed by atoms with Crippen LogP contribution in [0.1, 0.15) is 41.8 Å². The zero-order chi connectivity index (χ0) is 27.4. The Morgan fingerprint density at radius 3 is 2.45 bits per heavy atom. The third-order valence-corrected chi connectivity index (χ3v) is 8.58. The van der Waals surface area contributed by atoms with Crippen LogP contribution in [0.2, 0.25) is 0 Å². The molecule has 0 saturated heterocycles. The number of carbonyl (C=O) groups excluding carboxylic acids is 1. The number of nitrogens with zero attached hydrogens (tertiary/aromatic N) is 4. The van der Waals surface area contributed by atoms with Crippen molar-refractivity contribution in [1.29, 1.82) is 0 Å². The first-order chi connectivity index (χ1) is 19.5. The van der Waals surface area contributed by atoms with Crippen molar-refractivity contribution in [2.24, 2.45) is 17.8 Å². The molecule has 9 heteroatoms. The second-order valence-electron chi connectivity index (χ2n) is 11.0. The minimum Gasteiger partial charge on any atom is -0.390 e. The molecule has 1 amide bonds. The number of imidazole rings is 1. The fourth-order valence-corrected chi connectivity index (χ4v) is 6.39. The van der Waals surface area contributed by atoms with Gasteiger partial charge in [0.2, 0.25) is 11.7 Å². The molecule has 3 fully saturated rings. The molecule has 2 aromatic carbocycles. The molecule has 2 aromatic heterocycles. The standard InChI is InChI=1S/C31H30N6O3/c1-32-31(40)24-20-14-21(20)26(28(39)27(24)38)37-16-33-25-29(34-22-15-19(22)18-10-6-3-7-11-18)35-23(36-30(25)37)13-12-17-8-4-2-5-9-17/h2-11,16,19-22,24,26-28,38-39H,14-15H2,1H3,(H,32,40)(H,34,35,36)/t19?,20?,21?,22-,24+,26-,27-,28+/m1/s1. The molecule has 0 spiro atoms. The molecule has 40 heavy (non-hydrogen) atoms. The maximum absolute atomic E-state index is 12.4. The Morgan fingerprint density at radius 1 is 0.950 bits per heavy atom. The molecule has 3 aliphatic carbocycles. The van der Waals surface area contributed by atoms with Crippen LogP contribution in [0.4, 0.5) is 5.82 Å². The highest BCUT2D eigenvalue weighted by Gasteiger charge is 2.61. The largest absolute Gasteiger partial charge is 0.390 e. The van der Waals surface area contributed by atoms with Gasteiger partial charge in [0.15, 0.2) is 17.0 Å². The summed E-state index contributed by atoms with van der Waals surface area (Å²) in [6.45, 7) is 0. The second kappa shape index (κ2) is 9.73. The summed E-state index contributed by atoms with van der Waals surface area (Å²) in [5.41, 5.74) is 3.28. The fraction of sp³-hybridized carbons (Fsp3) is 0.355. The monoisotopic (exact) mass is 534 g/mol. The summed E-state index contributed by atoms with van der Waals surface area (Å²) in [6, 6.07) is 19.8. The summed E-state index contributed by atoms with van der Waals surface area (Å²) >= 11 is 0. The summed E-state index contributed by atoms with van der Waals surface area (Å²) in [5.74, 6) is 6.75. The number of hydrogen-bond acceptors (Lipinski definition) is 7. The van der Waals surface area contributed by atoms with Crippen LogP contribution in [-0.2, 0) is 4.79 Å². The summed E-state index contributed by atoms with van der Waals surface area (Å²) in [6.07, 6.45) is 1.07. The summed E-state index contributed by atoms with van der Waals surface area (Å²) in [5, 5.41) is 28.4. The molecule has 3 unspecified atom stereocenters. The number of fused-ring (bicyclic) bond motifs is 2. The molecule has 0 radical (unpaired) electrons. The number of aliphatic hydroxyl groups excluding tert-OH is 2. The van der Waals surface area contributed by atoms with Crippen LogP contribution in [-0.4, -0.2) is 60.9 Å². The van der Waals surface area contributed by atoms with Gasteiger partial charge in [-0.25, -0.2) is 15.0 Å². The summed E-state index contributed by atoms with van der Waals surface area (Å²) in [7, 11) is 1.56. The normalized spacial score (nSPS) is 30.1. The van der Waals surface area contributed by atoms with E-state index in [0.717, 1.165) is 18.4 Å². The van der Waals surface area contributed by atoms with Gasteiger partial charge in [0.05, 0.1) is 24.4 Å². The molecule has 8 atom stereocenters. The van der Waals surface area contributed by atoms with E-state index in [-0.39, 0.29) is 23.8 Å². The first-order valence-electron chi connectivity index (χ1n) is 13.7. The lowest BCUT2D eigenvalue weighted by atomic mass is 9.80. The van der Waals surface area contributed by atoms with E-state index in [0.29, 0.717) is 28.7 Å². The summed E-state index contributed by atoms with van der Waals surface area (Å²) < 4.78 is 1.84. The smallest absolute Gasteiger partial charge is 0.225 e. The van der Waals surface area contributed by atoms with Crippen molar-refractivity contribution in [2.75, 3.05) is 12.4 Å². The maximum atomic E-state index is 12.4. The van der Waals surface area contributed by atoms with Gasteiger partial charge in [0.25, 0.3) is 0 Å². The molecule has 9 nitrogen and oxygen atoms in total. The number of aliphatic hydroxyl groups is 2. The van der Waals surface area contributed by atoms with Crippen LogP contribution in [0, 0.1) is 29.6 Å².